The van der Waals surface area contributed by atoms with Crippen LogP contribution in [-0.4, -0.2) is 30.5 Å². The van der Waals surface area contributed by atoms with Gasteiger partial charge in [0.15, 0.2) is 0 Å². The van der Waals surface area contributed by atoms with Crippen LogP contribution >= 0.6 is 0 Å². The fourth-order valence-electron chi connectivity index (χ4n) is 2.92. The predicted octanol–water partition coefficient (Wildman–Crippen LogP) is 4.88. The summed E-state index contributed by atoms with van der Waals surface area (Å²) in [5, 5.41) is 12.6. The van der Waals surface area contributed by atoms with Crippen LogP contribution in [0.2, 0.25) is 0 Å². The molecule has 1 unspecified atom stereocenters. The second-order valence-corrected chi connectivity index (χ2v) is 7.00. The SMILES string of the molecule is Cc1ccc(C(CNc2oc(C=Cc3ccc(F)cc3)nc2C#N)N(C)C)cc1. The second-order valence-electron chi connectivity index (χ2n) is 7.00. The molecule has 0 bridgehead atoms. The van der Waals surface area contributed by atoms with E-state index in [0.717, 1.165) is 5.56 Å². The maximum absolute atomic E-state index is 13.0. The summed E-state index contributed by atoms with van der Waals surface area (Å²) in [6.45, 7) is 2.61. The summed E-state index contributed by atoms with van der Waals surface area (Å²) in [6, 6.07) is 16.6. The molecule has 0 aliphatic rings. The Kier molecular flexibility index (Phi) is 6.43. The largest absolute Gasteiger partial charge is 0.420 e. The van der Waals surface area contributed by atoms with Gasteiger partial charge in [-0.15, -0.1) is 0 Å². The van der Waals surface area contributed by atoms with Gasteiger partial charge in [-0.3, -0.25) is 0 Å². The Morgan fingerprint density at radius 1 is 1.14 bits per heavy atom. The number of likely N-dealkylation sites (N-methyl/N-ethyl adjacent to an activating group) is 1. The zero-order valence-electron chi connectivity index (χ0n) is 16.7. The van der Waals surface area contributed by atoms with E-state index < -0.39 is 0 Å². The van der Waals surface area contributed by atoms with Gasteiger partial charge in [0.2, 0.25) is 17.5 Å². The average Bonchev–Trinajstić information content (AvgIpc) is 3.11. The van der Waals surface area contributed by atoms with Gasteiger partial charge in [-0.05, 0) is 50.4 Å². The van der Waals surface area contributed by atoms with Crippen LogP contribution in [0.4, 0.5) is 10.3 Å². The Labute approximate surface area is 170 Å². The summed E-state index contributed by atoms with van der Waals surface area (Å²) in [7, 11) is 4.02. The number of benzene rings is 2. The molecule has 29 heavy (non-hydrogen) atoms. The topological polar surface area (TPSA) is 65.1 Å². The van der Waals surface area contributed by atoms with Crippen LogP contribution in [0.15, 0.2) is 52.9 Å². The average molecular weight is 390 g/mol. The first-order valence-electron chi connectivity index (χ1n) is 9.27. The number of hydrogen-bond acceptors (Lipinski definition) is 5. The van der Waals surface area contributed by atoms with Crippen molar-refractivity contribution in [1.29, 1.82) is 5.26 Å². The lowest BCUT2D eigenvalue weighted by Crippen LogP contribution is -2.26. The van der Waals surface area contributed by atoms with Crippen molar-refractivity contribution < 1.29 is 8.81 Å². The highest BCUT2D eigenvalue weighted by Crippen LogP contribution is 2.23. The minimum absolute atomic E-state index is 0.102. The van der Waals surface area contributed by atoms with Crippen LogP contribution in [0.3, 0.4) is 0 Å². The molecule has 1 atom stereocenters. The summed E-state index contributed by atoms with van der Waals surface area (Å²) in [4.78, 5) is 6.31. The third kappa shape index (κ3) is 5.31. The van der Waals surface area contributed by atoms with Crippen molar-refractivity contribution in [2.24, 2.45) is 0 Å². The number of anilines is 1. The lowest BCUT2D eigenvalue weighted by molar-refractivity contribution is 0.310. The minimum atomic E-state index is -0.291. The minimum Gasteiger partial charge on any atom is -0.420 e. The first-order valence-corrected chi connectivity index (χ1v) is 9.27. The van der Waals surface area contributed by atoms with Gasteiger partial charge in [-0.2, -0.15) is 10.2 Å². The van der Waals surface area contributed by atoms with Crippen molar-refractivity contribution in [2.45, 2.75) is 13.0 Å². The summed E-state index contributed by atoms with van der Waals surface area (Å²) >= 11 is 0. The molecule has 0 saturated carbocycles. The van der Waals surface area contributed by atoms with Crippen molar-refractivity contribution in [2.75, 3.05) is 26.0 Å². The van der Waals surface area contributed by atoms with Crippen LogP contribution in [0.5, 0.6) is 0 Å². The fourth-order valence-corrected chi connectivity index (χ4v) is 2.92. The van der Waals surface area contributed by atoms with E-state index in [1.54, 1.807) is 24.3 Å². The Bertz CT molecular complexity index is 1010. The lowest BCUT2D eigenvalue weighted by atomic mass is 10.0. The summed E-state index contributed by atoms with van der Waals surface area (Å²) in [5.74, 6) is 0.357. The monoisotopic (exact) mass is 390 g/mol. The van der Waals surface area contributed by atoms with Crippen molar-refractivity contribution in [3.05, 3.63) is 82.6 Å². The van der Waals surface area contributed by atoms with Crippen LogP contribution in [-0.2, 0) is 0 Å². The number of nitriles is 1. The van der Waals surface area contributed by atoms with Gasteiger partial charge in [0.1, 0.15) is 11.9 Å². The molecule has 1 aromatic heterocycles. The molecule has 0 saturated heterocycles. The highest BCUT2D eigenvalue weighted by Gasteiger charge is 2.17. The molecule has 0 amide bonds. The predicted molar refractivity (Wildman–Crippen MR) is 113 cm³/mol. The zero-order chi connectivity index (χ0) is 20.8. The molecular formula is C23H23FN4O. The number of aromatic nitrogens is 1. The van der Waals surface area contributed by atoms with Gasteiger partial charge in [-0.25, -0.2) is 4.39 Å². The molecule has 3 rings (SSSR count). The van der Waals surface area contributed by atoms with Gasteiger partial charge in [0, 0.05) is 12.6 Å². The van der Waals surface area contributed by atoms with Gasteiger partial charge in [-0.1, -0.05) is 42.0 Å². The Morgan fingerprint density at radius 2 is 1.83 bits per heavy atom. The second kappa shape index (κ2) is 9.18. The van der Waals surface area contributed by atoms with Crippen molar-refractivity contribution in [1.82, 2.24) is 9.88 Å². The maximum atomic E-state index is 13.0. The van der Waals surface area contributed by atoms with Gasteiger partial charge in [0.25, 0.3) is 0 Å². The highest BCUT2D eigenvalue weighted by atomic mass is 19.1. The molecule has 6 heteroatoms. The summed E-state index contributed by atoms with van der Waals surface area (Å²) in [5.41, 5.74) is 3.39. The standard InChI is InChI=1S/C23H23FN4O/c1-16-4-9-18(10-5-16)21(28(2)3)15-26-23-20(14-25)27-22(29-23)13-8-17-6-11-19(24)12-7-17/h4-13,21,26H,15H2,1-3H3. The van der Waals surface area contributed by atoms with E-state index in [1.165, 1.54) is 23.3 Å². The molecular weight excluding hydrogens is 367 g/mol. The molecule has 0 fully saturated rings. The number of rotatable bonds is 7. The zero-order valence-corrected chi connectivity index (χ0v) is 16.7. The summed E-state index contributed by atoms with van der Waals surface area (Å²) < 4.78 is 18.7. The first-order chi connectivity index (χ1) is 14.0. The van der Waals surface area contributed by atoms with Gasteiger partial charge >= 0.3 is 0 Å². The summed E-state index contributed by atoms with van der Waals surface area (Å²) in [6.07, 6.45) is 3.41. The lowest BCUT2D eigenvalue weighted by Gasteiger charge is -2.25. The first kappa shape index (κ1) is 20.3. The van der Waals surface area contributed by atoms with Crippen molar-refractivity contribution >= 4 is 18.0 Å². The highest BCUT2D eigenvalue weighted by molar-refractivity contribution is 5.67. The van der Waals surface area contributed by atoms with Crippen LogP contribution in [0.1, 0.15) is 34.3 Å². The molecule has 0 radical (unpaired) electrons. The normalized spacial score (nSPS) is 12.3. The molecule has 3 aromatic rings. The van der Waals surface area contributed by atoms with E-state index in [9.17, 15) is 9.65 Å². The Morgan fingerprint density at radius 3 is 2.45 bits per heavy atom. The van der Waals surface area contributed by atoms with Crippen LogP contribution in [0, 0.1) is 24.1 Å². The smallest absolute Gasteiger partial charge is 0.232 e. The molecule has 0 aliphatic heterocycles. The third-order valence-electron chi connectivity index (χ3n) is 4.58. The molecule has 5 nitrogen and oxygen atoms in total. The molecule has 0 spiro atoms. The molecule has 0 aliphatic carbocycles. The number of halogens is 1. The maximum Gasteiger partial charge on any atom is 0.232 e. The quantitative estimate of drug-likeness (QED) is 0.623. The van der Waals surface area contributed by atoms with Crippen molar-refractivity contribution in [3.63, 3.8) is 0 Å². The molecule has 1 heterocycles. The number of nitrogens with zero attached hydrogens (tertiary/aromatic N) is 3. The van der Waals surface area contributed by atoms with E-state index in [-0.39, 0.29) is 17.6 Å². The number of nitrogens with one attached hydrogen (secondary N) is 1. The Hall–Kier alpha value is -3.43. The van der Waals surface area contributed by atoms with E-state index in [2.05, 4.69) is 52.5 Å². The van der Waals surface area contributed by atoms with Crippen molar-refractivity contribution in [3.8, 4) is 6.07 Å². The molecule has 1 N–H and O–H groups in total. The third-order valence-corrected chi connectivity index (χ3v) is 4.58. The number of oxazole rings is 1. The van der Waals surface area contributed by atoms with E-state index in [0.29, 0.717) is 18.3 Å². The van der Waals surface area contributed by atoms with E-state index in [1.807, 2.05) is 14.1 Å². The van der Waals surface area contributed by atoms with Crippen LogP contribution < -0.4 is 5.32 Å². The van der Waals surface area contributed by atoms with Gasteiger partial charge in [0.05, 0.1) is 6.04 Å². The van der Waals surface area contributed by atoms with Gasteiger partial charge < -0.3 is 14.6 Å². The van der Waals surface area contributed by atoms with Crippen LogP contribution in [0.25, 0.3) is 12.2 Å². The molecule has 2 aromatic carbocycles. The molecule has 148 valence electrons. The number of hydrogen-bond donors (Lipinski definition) is 1. The van der Waals surface area contributed by atoms with E-state index >= 15 is 0 Å². The van der Waals surface area contributed by atoms with E-state index in [4.69, 9.17) is 4.42 Å². The Balaban J connectivity index is 1.73. The number of aryl methyl sites for hydroxylation is 1. The fraction of sp³-hybridized carbons (Fsp3) is 0.217.